The second-order valence-corrected chi connectivity index (χ2v) is 6.18. The predicted molar refractivity (Wildman–Crippen MR) is 83.1 cm³/mol. The Kier molecular flexibility index (Phi) is 6.94. The second kappa shape index (κ2) is 8.21. The Morgan fingerprint density at radius 3 is 2.24 bits per heavy atom. The smallest absolute Gasteiger partial charge is 0.279 e. The zero-order valence-electron chi connectivity index (χ0n) is 13.0. The summed E-state index contributed by atoms with van der Waals surface area (Å²) in [5, 5.41) is 0. The van der Waals surface area contributed by atoms with Crippen LogP contribution in [0.2, 0.25) is 0 Å². The van der Waals surface area contributed by atoms with Gasteiger partial charge in [-0.2, -0.15) is 12.7 Å². The van der Waals surface area contributed by atoms with Gasteiger partial charge in [-0.25, -0.2) is 4.72 Å². The molecule has 1 N–H and O–H groups in total. The molecule has 0 radical (unpaired) electrons. The van der Waals surface area contributed by atoms with Gasteiger partial charge in [0.25, 0.3) is 10.2 Å². The first kappa shape index (κ1) is 17.7. The molecule has 0 saturated heterocycles. The fraction of sp³-hybridized carbons (Fsp3) is 0.571. The van der Waals surface area contributed by atoms with Crippen LogP contribution < -0.4 is 14.2 Å². The normalized spacial score (nSPS) is 11.7. The molecule has 0 spiro atoms. The average Bonchev–Trinajstić information content (AvgIpc) is 2.47. The van der Waals surface area contributed by atoms with Crippen LogP contribution in [0.5, 0.6) is 11.5 Å². The van der Waals surface area contributed by atoms with Crippen molar-refractivity contribution in [3.05, 3.63) is 23.8 Å². The minimum absolute atomic E-state index is 0.342. The second-order valence-electron chi connectivity index (χ2n) is 4.42. The highest BCUT2D eigenvalue weighted by atomic mass is 32.2. The minimum Gasteiger partial charge on any atom is -0.493 e. The number of hydrogen-bond acceptors (Lipinski definition) is 4. The largest absolute Gasteiger partial charge is 0.493 e. The van der Waals surface area contributed by atoms with Gasteiger partial charge in [0.1, 0.15) is 0 Å². The lowest BCUT2D eigenvalue weighted by Crippen LogP contribution is -2.41. The van der Waals surface area contributed by atoms with Crippen molar-refractivity contribution >= 4 is 10.2 Å². The SMILES string of the molecule is CCN(CC)S(=O)(=O)NCCc1ccc(OC)c(OC)c1. The van der Waals surface area contributed by atoms with E-state index in [0.29, 0.717) is 37.6 Å². The third-order valence-electron chi connectivity index (χ3n) is 3.19. The number of benzene rings is 1. The van der Waals surface area contributed by atoms with Crippen molar-refractivity contribution in [2.24, 2.45) is 0 Å². The van der Waals surface area contributed by atoms with Crippen LogP contribution in [-0.2, 0) is 16.6 Å². The predicted octanol–water partition coefficient (Wildman–Crippen LogP) is 1.42. The first-order chi connectivity index (χ1) is 9.98. The van der Waals surface area contributed by atoms with Crippen LogP contribution in [0.1, 0.15) is 19.4 Å². The molecule has 6 nitrogen and oxygen atoms in total. The zero-order valence-corrected chi connectivity index (χ0v) is 13.9. The van der Waals surface area contributed by atoms with Crippen molar-refractivity contribution < 1.29 is 17.9 Å². The molecule has 1 aromatic carbocycles. The average molecular weight is 316 g/mol. The lowest BCUT2D eigenvalue weighted by Gasteiger charge is -2.18. The Hall–Kier alpha value is -1.31. The van der Waals surface area contributed by atoms with Crippen LogP contribution in [0.4, 0.5) is 0 Å². The molecule has 0 aliphatic rings. The van der Waals surface area contributed by atoms with Crippen LogP contribution >= 0.6 is 0 Å². The molecule has 0 bridgehead atoms. The number of ether oxygens (including phenoxy) is 2. The fourth-order valence-corrected chi connectivity index (χ4v) is 3.24. The minimum atomic E-state index is -3.39. The summed E-state index contributed by atoms with van der Waals surface area (Å²) in [6.45, 7) is 4.90. The summed E-state index contributed by atoms with van der Waals surface area (Å²) < 4.78 is 38.3. The molecule has 0 saturated carbocycles. The highest BCUT2D eigenvalue weighted by Gasteiger charge is 2.17. The van der Waals surface area contributed by atoms with E-state index in [2.05, 4.69) is 4.72 Å². The molecule has 7 heteroatoms. The van der Waals surface area contributed by atoms with Crippen LogP contribution in [0.15, 0.2) is 18.2 Å². The van der Waals surface area contributed by atoms with Crippen molar-refractivity contribution in [1.82, 2.24) is 9.03 Å². The van der Waals surface area contributed by atoms with Crippen molar-refractivity contribution in [1.29, 1.82) is 0 Å². The van der Waals surface area contributed by atoms with Crippen LogP contribution in [0, 0.1) is 0 Å². The molecule has 0 aromatic heterocycles. The van der Waals surface area contributed by atoms with Gasteiger partial charge in [0.05, 0.1) is 14.2 Å². The van der Waals surface area contributed by atoms with Gasteiger partial charge in [-0.05, 0) is 24.1 Å². The van der Waals surface area contributed by atoms with Crippen molar-refractivity contribution in [2.75, 3.05) is 33.9 Å². The van der Waals surface area contributed by atoms with Gasteiger partial charge in [-0.15, -0.1) is 0 Å². The van der Waals surface area contributed by atoms with Crippen LogP contribution in [0.3, 0.4) is 0 Å². The maximum absolute atomic E-state index is 12.0. The first-order valence-corrected chi connectivity index (χ1v) is 8.38. The number of methoxy groups -OCH3 is 2. The lowest BCUT2D eigenvalue weighted by atomic mass is 10.1. The number of nitrogens with zero attached hydrogens (tertiary/aromatic N) is 1. The van der Waals surface area contributed by atoms with E-state index in [1.807, 2.05) is 32.0 Å². The molecule has 0 unspecified atom stereocenters. The van der Waals surface area contributed by atoms with Gasteiger partial charge in [0.2, 0.25) is 0 Å². The van der Waals surface area contributed by atoms with Gasteiger partial charge in [-0.3, -0.25) is 0 Å². The molecular weight excluding hydrogens is 292 g/mol. The highest BCUT2D eigenvalue weighted by Crippen LogP contribution is 2.27. The van der Waals surface area contributed by atoms with Gasteiger partial charge in [0.15, 0.2) is 11.5 Å². The maximum Gasteiger partial charge on any atom is 0.279 e. The number of hydrogen-bond donors (Lipinski definition) is 1. The van der Waals surface area contributed by atoms with E-state index in [1.54, 1.807) is 14.2 Å². The molecule has 1 aromatic rings. The molecule has 0 amide bonds. The van der Waals surface area contributed by atoms with Gasteiger partial charge >= 0.3 is 0 Å². The molecule has 120 valence electrons. The molecule has 0 aliphatic heterocycles. The number of rotatable bonds is 9. The Morgan fingerprint density at radius 2 is 1.71 bits per heavy atom. The standard InChI is InChI=1S/C14H24N2O4S/c1-5-16(6-2)21(17,18)15-10-9-12-7-8-13(19-3)14(11-12)20-4/h7-8,11,15H,5-6,9-10H2,1-4H3. The third-order valence-corrected chi connectivity index (χ3v) is 4.96. The zero-order chi connectivity index (χ0) is 15.9. The van der Waals surface area contributed by atoms with Crippen LogP contribution in [-0.4, -0.2) is 46.6 Å². The molecule has 0 fully saturated rings. The molecule has 0 heterocycles. The quantitative estimate of drug-likeness (QED) is 0.748. The van der Waals surface area contributed by atoms with Gasteiger partial charge in [-0.1, -0.05) is 19.9 Å². The van der Waals surface area contributed by atoms with Gasteiger partial charge in [0, 0.05) is 19.6 Å². The van der Waals surface area contributed by atoms with E-state index in [4.69, 9.17) is 9.47 Å². The molecule has 0 aliphatic carbocycles. The monoisotopic (exact) mass is 316 g/mol. The summed E-state index contributed by atoms with van der Waals surface area (Å²) in [6, 6.07) is 5.56. The fourth-order valence-electron chi connectivity index (χ4n) is 2.02. The summed E-state index contributed by atoms with van der Waals surface area (Å²) in [5.74, 6) is 1.30. The number of nitrogens with one attached hydrogen (secondary N) is 1. The summed E-state index contributed by atoms with van der Waals surface area (Å²) in [7, 11) is -0.241. The Balaban J connectivity index is 2.64. The van der Waals surface area contributed by atoms with Crippen molar-refractivity contribution in [3.8, 4) is 11.5 Å². The summed E-state index contributed by atoms with van der Waals surface area (Å²) in [4.78, 5) is 0. The first-order valence-electron chi connectivity index (χ1n) is 6.94. The Bertz CT molecular complexity index is 542. The van der Waals surface area contributed by atoms with E-state index in [0.717, 1.165) is 5.56 Å². The molecular formula is C14H24N2O4S. The molecule has 21 heavy (non-hydrogen) atoms. The summed E-state index contributed by atoms with van der Waals surface area (Å²) in [6.07, 6.45) is 0.584. The van der Waals surface area contributed by atoms with Crippen molar-refractivity contribution in [2.45, 2.75) is 20.3 Å². The maximum atomic E-state index is 12.0. The molecule has 1 rings (SSSR count). The van der Waals surface area contributed by atoms with E-state index >= 15 is 0 Å². The van der Waals surface area contributed by atoms with E-state index in [-0.39, 0.29) is 0 Å². The summed E-state index contributed by atoms with van der Waals surface area (Å²) in [5.41, 5.74) is 0.981. The van der Waals surface area contributed by atoms with Crippen molar-refractivity contribution in [3.63, 3.8) is 0 Å². The molecule has 0 atom stereocenters. The van der Waals surface area contributed by atoms with E-state index in [1.165, 1.54) is 4.31 Å². The van der Waals surface area contributed by atoms with Gasteiger partial charge < -0.3 is 9.47 Å². The van der Waals surface area contributed by atoms with Crippen LogP contribution in [0.25, 0.3) is 0 Å². The topological polar surface area (TPSA) is 67.9 Å². The van der Waals surface area contributed by atoms with E-state index < -0.39 is 10.2 Å². The Morgan fingerprint density at radius 1 is 1.10 bits per heavy atom. The van der Waals surface area contributed by atoms with E-state index in [9.17, 15) is 8.42 Å². The summed E-state index contributed by atoms with van der Waals surface area (Å²) >= 11 is 0. The Labute approximate surface area is 127 Å². The lowest BCUT2D eigenvalue weighted by molar-refractivity contribution is 0.354. The third kappa shape index (κ3) is 4.87. The highest BCUT2D eigenvalue weighted by molar-refractivity contribution is 7.87.